The maximum Gasteiger partial charge on any atom is 0.187 e. The van der Waals surface area contributed by atoms with Gasteiger partial charge in [-0.25, -0.2) is 14.4 Å². The zero-order valence-electron chi connectivity index (χ0n) is 9.91. The second-order valence-corrected chi connectivity index (χ2v) is 4.32. The van der Waals surface area contributed by atoms with E-state index >= 15 is 0 Å². The van der Waals surface area contributed by atoms with E-state index in [-0.39, 0.29) is 5.82 Å². The predicted molar refractivity (Wildman–Crippen MR) is 62.0 cm³/mol. The van der Waals surface area contributed by atoms with Crippen LogP contribution in [0.25, 0.3) is 0 Å². The third-order valence-electron chi connectivity index (χ3n) is 3.34. The zero-order valence-corrected chi connectivity index (χ0v) is 9.91. The fraction of sp³-hybridized carbons (Fsp3) is 0.667. The molecule has 2 heterocycles. The minimum absolute atomic E-state index is 0.234. The van der Waals surface area contributed by atoms with Crippen LogP contribution in [0.3, 0.4) is 0 Å². The third kappa shape index (κ3) is 2.01. The van der Waals surface area contributed by atoms with E-state index in [1.54, 1.807) is 0 Å². The number of aromatic nitrogens is 2. The van der Waals surface area contributed by atoms with Crippen LogP contribution in [0.2, 0.25) is 0 Å². The van der Waals surface area contributed by atoms with Crippen molar-refractivity contribution in [2.24, 2.45) is 5.92 Å². The Labute approximate surface area is 95.7 Å². The van der Waals surface area contributed by atoms with Gasteiger partial charge in [0.2, 0.25) is 0 Å². The Hall–Kier alpha value is -1.19. The molecule has 0 aliphatic carbocycles. The molecule has 1 saturated heterocycles. The Kier molecular flexibility index (Phi) is 3.36. The number of hydrogen-bond acceptors (Lipinski definition) is 3. The summed E-state index contributed by atoms with van der Waals surface area (Å²) >= 11 is 0. The summed E-state index contributed by atoms with van der Waals surface area (Å²) in [6, 6.07) is 0. The number of anilines is 1. The molecule has 0 N–H and O–H groups in total. The quantitative estimate of drug-likeness (QED) is 0.788. The number of nitrogens with zero attached hydrogens (tertiary/aromatic N) is 3. The van der Waals surface area contributed by atoms with Crippen LogP contribution in [0.1, 0.15) is 32.4 Å². The fourth-order valence-electron chi connectivity index (χ4n) is 2.22. The van der Waals surface area contributed by atoms with E-state index in [4.69, 9.17) is 0 Å². The number of halogens is 1. The lowest BCUT2D eigenvalue weighted by atomic mass is 10.1. The molecule has 1 fully saturated rings. The van der Waals surface area contributed by atoms with Crippen molar-refractivity contribution in [3.8, 4) is 0 Å². The van der Waals surface area contributed by atoms with E-state index in [0.29, 0.717) is 23.9 Å². The highest BCUT2D eigenvalue weighted by Crippen LogP contribution is 2.26. The summed E-state index contributed by atoms with van der Waals surface area (Å²) < 4.78 is 14.0. The minimum atomic E-state index is -0.234. The van der Waals surface area contributed by atoms with E-state index in [9.17, 15) is 4.39 Å². The SMILES string of the molecule is CCc1ncnc(N2CCC(CC)C2)c1F. The Bertz CT molecular complexity index is 367. The lowest BCUT2D eigenvalue weighted by Crippen LogP contribution is -2.22. The molecule has 1 aliphatic rings. The summed E-state index contributed by atoms with van der Waals surface area (Å²) in [4.78, 5) is 10.1. The Morgan fingerprint density at radius 1 is 1.44 bits per heavy atom. The van der Waals surface area contributed by atoms with Crippen molar-refractivity contribution >= 4 is 5.82 Å². The molecule has 1 aromatic rings. The van der Waals surface area contributed by atoms with E-state index in [1.165, 1.54) is 6.33 Å². The summed E-state index contributed by atoms with van der Waals surface area (Å²) in [6.07, 6.45) is 4.38. The van der Waals surface area contributed by atoms with Gasteiger partial charge in [0, 0.05) is 13.1 Å². The molecule has 4 heteroatoms. The van der Waals surface area contributed by atoms with Crippen molar-refractivity contribution < 1.29 is 4.39 Å². The average Bonchev–Trinajstić information content (AvgIpc) is 2.78. The van der Waals surface area contributed by atoms with Crippen molar-refractivity contribution in [1.29, 1.82) is 0 Å². The molecule has 3 nitrogen and oxygen atoms in total. The summed E-state index contributed by atoms with van der Waals surface area (Å²) in [7, 11) is 0. The normalized spacial score (nSPS) is 20.4. The molecule has 1 aromatic heterocycles. The molecule has 1 atom stereocenters. The monoisotopic (exact) mass is 223 g/mol. The van der Waals surface area contributed by atoms with Crippen molar-refractivity contribution in [3.05, 3.63) is 17.8 Å². The van der Waals surface area contributed by atoms with Crippen molar-refractivity contribution in [1.82, 2.24) is 9.97 Å². The number of aryl methyl sites for hydroxylation is 1. The summed E-state index contributed by atoms with van der Waals surface area (Å²) in [6.45, 7) is 5.93. The van der Waals surface area contributed by atoms with Gasteiger partial charge in [-0.05, 0) is 18.8 Å². The van der Waals surface area contributed by atoms with Gasteiger partial charge in [0.15, 0.2) is 11.6 Å². The van der Waals surface area contributed by atoms with Crippen molar-refractivity contribution in [2.45, 2.75) is 33.1 Å². The highest BCUT2D eigenvalue weighted by atomic mass is 19.1. The van der Waals surface area contributed by atoms with E-state index in [0.717, 1.165) is 25.9 Å². The lowest BCUT2D eigenvalue weighted by molar-refractivity contribution is 0.562. The largest absolute Gasteiger partial charge is 0.354 e. The van der Waals surface area contributed by atoms with E-state index in [2.05, 4.69) is 16.9 Å². The molecular weight excluding hydrogens is 205 g/mol. The highest BCUT2D eigenvalue weighted by Gasteiger charge is 2.25. The molecule has 0 saturated carbocycles. The van der Waals surface area contributed by atoms with Crippen molar-refractivity contribution in [2.75, 3.05) is 18.0 Å². The van der Waals surface area contributed by atoms with Crippen molar-refractivity contribution in [3.63, 3.8) is 0 Å². The topological polar surface area (TPSA) is 29.0 Å². The van der Waals surface area contributed by atoms with Gasteiger partial charge in [-0.1, -0.05) is 20.3 Å². The fourth-order valence-corrected chi connectivity index (χ4v) is 2.22. The third-order valence-corrected chi connectivity index (χ3v) is 3.34. The van der Waals surface area contributed by atoms with Gasteiger partial charge < -0.3 is 4.90 Å². The maximum absolute atomic E-state index is 14.0. The van der Waals surface area contributed by atoms with Crippen LogP contribution in [-0.4, -0.2) is 23.1 Å². The molecule has 0 amide bonds. The van der Waals surface area contributed by atoms with Gasteiger partial charge in [-0.3, -0.25) is 0 Å². The van der Waals surface area contributed by atoms with Crippen LogP contribution in [-0.2, 0) is 6.42 Å². The van der Waals surface area contributed by atoms with Gasteiger partial charge in [0.05, 0.1) is 5.69 Å². The molecule has 0 radical (unpaired) electrons. The van der Waals surface area contributed by atoms with Crippen LogP contribution < -0.4 is 4.90 Å². The molecule has 1 aliphatic heterocycles. The van der Waals surface area contributed by atoms with Gasteiger partial charge in [-0.15, -0.1) is 0 Å². The van der Waals surface area contributed by atoms with Gasteiger partial charge >= 0.3 is 0 Å². The van der Waals surface area contributed by atoms with E-state index in [1.807, 2.05) is 11.8 Å². The van der Waals surface area contributed by atoms with Gasteiger partial charge in [0.1, 0.15) is 6.33 Å². The van der Waals surface area contributed by atoms with Crippen LogP contribution in [0, 0.1) is 11.7 Å². The van der Waals surface area contributed by atoms with Crippen LogP contribution in [0.5, 0.6) is 0 Å². The molecule has 2 rings (SSSR count). The molecule has 0 aromatic carbocycles. The molecule has 88 valence electrons. The molecule has 0 spiro atoms. The molecule has 1 unspecified atom stereocenters. The maximum atomic E-state index is 14.0. The molecule has 0 bridgehead atoms. The molecular formula is C12H18FN3. The summed E-state index contributed by atoms with van der Waals surface area (Å²) in [5.74, 6) is 0.934. The first-order chi connectivity index (χ1) is 7.76. The smallest absolute Gasteiger partial charge is 0.187 e. The van der Waals surface area contributed by atoms with Crippen LogP contribution in [0.15, 0.2) is 6.33 Å². The van der Waals surface area contributed by atoms with Gasteiger partial charge in [-0.2, -0.15) is 0 Å². The molecule has 16 heavy (non-hydrogen) atoms. The zero-order chi connectivity index (χ0) is 11.5. The van der Waals surface area contributed by atoms with Gasteiger partial charge in [0.25, 0.3) is 0 Å². The minimum Gasteiger partial charge on any atom is -0.354 e. The highest BCUT2D eigenvalue weighted by molar-refractivity contribution is 5.42. The summed E-state index contributed by atoms with van der Waals surface area (Å²) in [5.41, 5.74) is 0.518. The van der Waals surface area contributed by atoms with Crippen LogP contribution >= 0.6 is 0 Å². The second-order valence-electron chi connectivity index (χ2n) is 4.32. The number of hydrogen-bond donors (Lipinski definition) is 0. The summed E-state index contributed by atoms with van der Waals surface area (Å²) in [5, 5.41) is 0. The van der Waals surface area contributed by atoms with Crippen LogP contribution in [0.4, 0.5) is 10.2 Å². The average molecular weight is 223 g/mol. The lowest BCUT2D eigenvalue weighted by Gasteiger charge is -2.18. The second kappa shape index (κ2) is 4.76. The first-order valence-electron chi connectivity index (χ1n) is 6.00. The Morgan fingerprint density at radius 2 is 2.25 bits per heavy atom. The first kappa shape index (κ1) is 11.3. The Morgan fingerprint density at radius 3 is 2.88 bits per heavy atom. The number of rotatable bonds is 3. The first-order valence-corrected chi connectivity index (χ1v) is 6.00. The van der Waals surface area contributed by atoms with E-state index < -0.39 is 0 Å². The standard InChI is InChI=1S/C12H18FN3/c1-3-9-5-6-16(7-9)12-11(13)10(4-2)14-8-15-12/h8-9H,3-7H2,1-2H3. The predicted octanol–water partition coefficient (Wildman–Crippen LogP) is 2.41. The Balaban J connectivity index is 2.21.